The first-order chi connectivity index (χ1) is 15.9. The standard InChI is InChI=1S/C23H38N6O2.C2H6/c1-3-31-17(13-27-2)14-28-15-23(16-28)8-10-29(11-9-23)20(22(25)26)12-19(24)18-6-4-5-7-21(18)30;1-2/h4-7,12,17,27,30H,3,8-11,13-16,24-26H2,1-2H3;1-2H3/b19-12-;. The van der Waals surface area contributed by atoms with Crippen LogP contribution in [-0.4, -0.2) is 73.9 Å². The van der Waals surface area contributed by atoms with E-state index in [1.807, 2.05) is 33.9 Å². The van der Waals surface area contributed by atoms with Crippen molar-refractivity contribution in [2.75, 3.05) is 52.9 Å². The van der Waals surface area contributed by atoms with Crippen LogP contribution in [0.25, 0.3) is 5.70 Å². The summed E-state index contributed by atoms with van der Waals surface area (Å²) >= 11 is 0. The van der Waals surface area contributed by atoms with Crippen LogP contribution in [0.3, 0.4) is 0 Å². The molecule has 2 saturated heterocycles. The van der Waals surface area contributed by atoms with Gasteiger partial charge in [0, 0.05) is 57.1 Å². The Kier molecular flexibility index (Phi) is 10.3. The van der Waals surface area contributed by atoms with Gasteiger partial charge < -0.3 is 37.3 Å². The maximum atomic E-state index is 10.1. The van der Waals surface area contributed by atoms with Gasteiger partial charge >= 0.3 is 0 Å². The van der Waals surface area contributed by atoms with Gasteiger partial charge in [-0.1, -0.05) is 26.0 Å². The Morgan fingerprint density at radius 3 is 2.36 bits per heavy atom. The van der Waals surface area contributed by atoms with Crippen molar-refractivity contribution in [1.29, 1.82) is 0 Å². The van der Waals surface area contributed by atoms with Gasteiger partial charge in [-0.05, 0) is 50.4 Å². The first-order valence-electron chi connectivity index (χ1n) is 12.1. The number of ether oxygens (including phenoxy) is 1. The molecule has 1 atom stereocenters. The fourth-order valence-electron chi connectivity index (χ4n) is 4.80. The van der Waals surface area contributed by atoms with Crippen molar-refractivity contribution in [2.45, 2.75) is 39.7 Å². The summed E-state index contributed by atoms with van der Waals surface area (Å²) in [5.41, 5.74) is 20.4. The summed E-state index contributed by atoms with van der Waals surface area (Å²) in [4.78, 5) is 4.71. The van der Waals surface area contributed by atoms with Crippen LogP contribution in [-0.2, 0) is 4.74 Å². The summed E-state index contributed by atoms with van der Waals surface area (Å²) in [5.74, 6) is 0.387. The molecule has 1 aromatic carbocycles. The fraction of sp³-hybridized carbons (Fsp3) is 0.600. The van der Waals surface area contributed by atoms with Crippen molar-refractivity contribution < 1.29 is 9.84 Å². The van der Waals surface area contributed by atoms with Crippen molar-refractivity contribution in [3.63, 3.8) is 0 Å². The van der Waals surface area contributed by atoms with Crippen molar-refractivity contribution in [1.82, 2.24) is 15.1 Å². The van der Waals surface area contributed by atoms with Crippen molar-refractivity contribution in [3.05, 3.63) is 47.4 Å². The molecule has 2 fully saturated rings. The minimum absolute atomic E-state index is 0.141. The van der Waals surface area contributed by atoms with Gasteiger partial charge in [0.25, 0.3) is 0 Å². The van der Waals surface area contributed by atoms with Gasteiger partial charge in [0.2, 0.25) is 0 Å². The van der Waals surface area contributed by atoms with Crippen molar-refractivity contribution >= 4 is 5.70 Å². The first-order valence-corrected chi connectivity index (χ1v) is 12.1. The lowest BCUT2D eigenvalue weighted by molar-refractivity contribution is -0.0690. The third kappa shape index (κ3) is 7.03. The second-order valence-corrected chi connectivity index (χ2v) is 8.75. The van der Waals surface area contributed by atoms with E-state index in [-0.39, 0.29) is 17.7 Å². The summed E-state index contributed by atoms with van der Waals surface area (Å²) in [6.07, 6.45) is 4.20. The van der Waals surface area contributed by atoms with Gasteiger partial charge in [0.15, 0.2) is 0 Å². The molecular weight excluding hydrogens is 416 g/mol. The summed E-state index contributed by atoms with van der Waals surface area (Å²) in [7, 11) is 1.97. The molecule has 1 aromatic rings. The molecule has 33 heavy (non-hydrogen) atoms. The SMILES string of the molecule is CC.CCOC(CNC)CN1CC2(CCN(C(/C=C(\N)c3ccccc3O)=C(N)N)CC2)C1. The highest BCUT2D eigenvalue weighted by molar-refractivity contribution is 5.69. The lowest BCUT2D eigenvalue weighted by Crippen LogP contribution is -2.62. The third-order valence-corrected chi connectivity index (χ3v) is 6.38. The molecular formula is C25H44N6O2. The normalized spacial score (nSPS) is 18.8. The largest absolute Gasteiger partial charge is 0.507 e. The number of aromatic hydroxyl groups is 1. The molecule has 8 heteroatoms. The van der Waals surface area contributed by atoms with Gasteiger partial charge in [-0.15, -0.1) is 0 Å². The number of allylic oxidation sites excluding steroid dienone is 1. The zero-order chi connectivity index (χ0) is 24.4. The van der Waals surface area contributed by atoms with E-state index < -0.39 is 0 Å². The number of phenolic OH excluding ortho intramolecular Hbond substituents is 1. The van der Waals surface area contributed by atoms with Crippen molar-refractivity contribution in [3.8, 4) is 5.75 Å². The predicted molar refractivity (Wildman–Crippen MR) is 136 cm³/mol. The van der Waals surface area contributed by atoms with Crippen LogP contribution in [0.4, 0.5) is 0 Å². The van der Waals surface area contributed by atoms with Gasteiger partial charge in [-0.2, -0.15) is 0 Å². The van der Waals surface area contributed by atoms with Gasteiger partial charge in [0.05, 0.1) is 11.8 Å². The van der Waals surface area contributed by atoms with Crippen LogP contribution in [0.2, 0.25) is 0 Å². The molecule has 2 aliphatic heterocycles. The number of rotatable bonds is 9. The summed E-state index contributed by atoms with van der Waals surface area (Å²) in [6, 6.07) is 7.00. The van der Waals surface area contributed by atoms with Crippen LogP contribution in [0.15, 0.2) is 41.9 Å². The number of phenols is 1. The van der Waals surface area contributed by atoms with E-state index in [1.54, 1.807) is 24.3 Å². The molecule has 8 nitrogen and oxygen atoms in total. The van der Waals surface area contributed by atoms with Crippen LogP contribution in [0.1, 0.15) is 39.2 Å². The average molecular weight is 461 g/mol. The smallest absolute Gasteiger partial charge is 0.124 e. The summed E-state index contributed by atoms with van der Waals surface area (Å²) < 4.78 is 5.84. The lowest BCUT2D eigenvalue weighted by atomic mass is 9.71. The Hall–Kier alpha value is -2.42. The highest BCUT2D eigenvalue weighted by Crippen LogP contribution is 2.41. The highest BCUT2D eigenvalue weighted by Gasteiger charge is 2.45. The summed E-state index contributed by atoms with van der Waals surface area (Å²) in [6.45, 7) is 12.6. The van der Waals surface area contributed by atoms with E-state index in [9.17, 15) is 5.11 Å². The first kappa shape index (κ1) is 26.8. The zero-order valence-electron chi connectivity index (χ0n) is 20.8. The topological polar surface area (TPSA) is 126 Å². The van der Waals surface area contributed by atoms with E-state index in [4.69, 9.17) is 21.9 Å². The second kappa shape index (κ2) is 12.7. The fourth-order valence-corrected chi connectivity index (χ4v) is 4.80. The Morgan fingerprint density at radius 1 is 1.18 bits per heavy atom. The molecule has 1 unspecified atom stereocenters. The second-order valence-electron chi connectivity index (χ2n) is 8.75. The molecule has 0 aliphatic carbocycles. The Labute approximate surface area is 199 Å². The zero-order valence-corrected chi connectivity index (χ0v) is 20.8. The van der Waals surface area contributed by atoms with Crippen molar-refractivity contribution in [2.24, 2.45) is 22.6 Å². The molecule has 3 rings (SSSR count). The molecule has 0 radical (unpaired) electrons. The number of likely N-dealkylation sites (tertiary alicyclic amines) is 2. The highest BCUT2D eigenvalue weighted by atomic mass is 16.5. The van der Waals surface area contributed by atoms with E-state index in [0.29, 0.717) is 16.7 Å². The molecule has 0 amide bonds. The van der Waals surface area contributed by atoms with E-state index in [1.165, 1.54) is 0 Å². The number of piperidine rings is 1. The molecule has 0 bridgehead atoms. The third-order valence-electron chi connectivity index (χ3n) is 6.38. The van der Waals surface area contributed by atoms with Crippen LogP contribution in [0.5, 0.6) is 5.75 Å². The number of nitrogens with zero attached hydrogens (tertiary/aromatic N) is 2. The Balaban J connectivity index is 0.00000187. The summed E-state index contributed by atoms with van der Waals surface area (Å²) in [5, 5.41) is 13.3. The maximum absolute atomic E-state index is 10.1. The quantitative estimate of drug-likeness (QED) is 0.353. The number of hydrogen-bond donors (Lipinski definition) is 5. The molecule has 2 heterocycles. The number of para-hydroxylation sites is 1. The van der Waals surface area contributed by atoms with E-state index in [0.717, 1.165) is 64.4 Å². The molecule has 0 aromatic heterocycles. The minimum atomic E-state index is 0.141. The molecule has 186 valence electrons. The molecule has 2 aliphatic rings. The lowest BCUT2D eigenvalue weighted by Gasteiger charge is -2.55. The van der Waals surface area contributed by atoms with Crippen LogP contribution < -0.4 is 22.5 Å². The average Bonchev–Trinajstić information content (AvgIpc) is 2.79. The molecule has 1 spiro atoms. The van der Waals surface area contributed by atoms with E-state index in [2.05, 4.69) is 15.1 Å². The molecule has 8 N–H and O–H groups in total. The van der Waals surface area contributed by atoms with Gasteiger partial charge in [0.1, 0.15) is 11.6 Å². The van der Waals surface area contributed by atoms with Gasteiger partial charge in [-0.3, -0.25) is 4.90 Å². The van der Waals surface area contributed by atoms with Crippen LogP contribution >= 0.6 is 0 Å². The number of benzene rings is 1. The number of nitrogens with two attached hydrogens (primary N) is 3. The maximum Gasteiger partial charge on any atom is 0.124 e. The molecule has 0 saturated carbocycles. The van der Waals surface area contributed by atoms with Gasteiger partial charge in [-0.25, -0.2) is 0 Å². The van der Waals surface area contributed by atoms with Crippen LogP contribution in [0, 0.1) is 5.41 Å². The number of likely N-dealkylation sites (N-methyl/N-ethyl adjacent to an activating group) is 1. The Morgan fingerprint density at radius 2 is 1.82 bits per heavy atom. The predicted octanol–water partition coefficient (Wildman–Crippen LogP) is 1.83. The van der Waals surface area contributed by atoms with E-state index >= 15 is 0 Å². The number of hydrogen-bond acceptors (Lipinski definition) is 8. The Bertz CT molecular complexity index is 784. The monoisotopic (exact) mass is 460 g/mol. The number of nitrogens with one attached hydrogen (secondary N) is 1. The minimum Gasteiger partial charge on any atom is -0.507 e.